The van der Waals surface area contributed by atoms with Crippen LogP contribution in [-0.4, -0.2) is 40.4 Å². The number of aliphatic hydroxyl groups is 1. The lowest BCUT2D eigenvalue weighted by Crippen LogP contribution is -2.35. The molecule has 1 N–H and O–H groups in total. The summed E-state index contributed by atoms with van der Waals surface area (Å²) < 4.78 is 0. The van der Waals surface area contributed by atoms with Crippen molar-refractivity contribution < 1.29 is 9.90 Å². The van der Waals surface area contributed by atoms with E-state index in [2.05, 4.69) is 12.6 Å². The van der Waals surface area contributed by atoms with Gasteiger partial charge in [-0.3, -0.25) is 4.79 Å². The highest BCUT2D eigenvalue weighted by Gasteiger charge is 2.31. The van der Waals surface area contributed by atoms with Crippen LogP contribution in [0.5, 0.6) is 0 Å². The van der Waals surface area contributed by atoms with Gasteiger partial charge in [-0.1, -0.05) is 0 Å². The van der Waals surface area contributed by atoms with Gasteiger partial charge in [0.15, 0.2) is 0 Å². The monoisotopic (exact) mass is 175 g/mol. The number of hydrogen-bond donors (Lipinski definition) is 2. The third-order valence-corrected chi connectivity index (χ3v) is 2.43. The van der Waals surface area contributed by atoms with Gasteiger partial charge in [-0.2, -0.15) is 12.6 Å². The Bertz CT molecular complexity index is 163. The number of aliphatic hydroxyl groups excluding tert-OH is 1. The quantitative estimate of drug-likeness (QED) is 0.546. The summed E-state index contributed by atoms with van der Waals surface area (Å²) in [5.41, 5.74) is 0. The fourth-order valence-corrected chi connectivity index (χ4v) is 1.80. The summed E-state index contributed by atoms with van der Waals surface area (Å²) in [6.07, 6.45) is 0.319. The molecule has 0 aromatic carbocycles. The normalized spacial score (nSPS) is 31.0. The van der Waals surface area contributed by atoms with Gasteiger partial charge in [0.25, 0.3) is 0 Å². The third kappa shape index (κ3) is 1.87. The van der Waals surface area contributed by atoms with Crippen LogP contribution in [0, 0.1) is 0 Å². The Morgan fingerprint density at radius 2 is 2.45 bits per heavy atom. The molecular weight excluding hydrogens is 162 g/mol. The van der Waals surface area contributed by atoms with E-state index >= 15 is 0 Å². The molecule has 0 bridgehead atoms. The van der Waals surface area contributed by atoms with E-state index in [9.17, 15) is 9.90 Å². The van der Waals surface area contributed by atoms with E-state index in [1.807, 2.05) is 0 Å². The lowest BCUT2D eigenvalue weighted by atomic mass is 10.2. The van der Waals surface area contributed by atoms with Gasteiger partial charge in [0, 0.05) is 25.3 Å². The fraction of sp³-hybridized carbons (Fsp3) is 0.857. The van der Waals surface area contributed by atoms with Crippen molar-refractivity contribution in [1.82, 2.24) is 4.90 Å². The summed E-state index contributed by atoms with van der Waals surface area (Å²) in [4.78, 5) is 12.6. The number of rotatable bonds is 1. The maximum Gasteiger partial charge on any atom is 0.219 e. The summed E-state index contributed by atoms with van der Waals surface area (Å²) >= 11 is 4.11. The molecule has 0 saturated carbocycles. The van der Waals surface area contributed by atoms with Crippen LogP contribution < -0.4 is 0 Å². The molecule has 1 saturated heterocycles. The van der Waals surface area contributed by atoms with Gasteiger partial charge in [-0.25, -0.2) is 0 Å². The first kappa shape index (κ1) is 8.87. The minimum absolute atomic E-state index is 0.0283. The largest absolute Gasteiger partial charge is 0.391 e. The van der Waals surface area contributed by atoms with Gasteiger partial charge in [0.2, 0.25) is 5.91 Å². The molecule has 0 aromatic rings. The lowest BCUT2D eigenvalue weighted by Gasteiger charge is -2.20. The lowest BCUT2D eigenvalue weighted by molar-refractivity contribution is -0.129. The molecule has 0 unspecified atom stereocenters. The second kappa shape index (κ2) is 3.45. The topological polar surface area (TPSA) is 40.5 Å². The number of hydrogen-bond acceptors (Lipinski definition) is 3. The van der Waals surface area contributed by atoms with Crippen LogP contribution in [0.1, 0.15) is 13.3 Å². The van der Waals surface area contributed by atoms with Crippen molar-refractivity contribution in [2.45, 2.75) is 25.5 Å². The van der Waals surface area contributed by atoms with E-state index < -0.39 is 0 Å². The maximum atomic E-state index is 10.9. The Hall–Kier alpha value is -0.220. The van der Waals surface area contributed by atoms with Gasteiger partial charge in [0.1, 0.15) is 0 Å². The summed E-state index contributed by atoms with van der Waals surface area (Å²) in [6.45, 7) is 2.00. The molecule has 1 amide bonds. The molecule has 0 spiro atoms. The van der Waals surface area contributed by atoms with E-state index in [1.165, 1.54) is 6.92 Å². The molecule has 11 heavy (non-hydrogen) atoms. The third-order valence-electron chi connectivity index (χ3n) is 2.01. The van der Waals surface area contributed by atoms with Crippen molar-refractivity contribution in [3.63, 3.8) is 0 Å². The van der Waals surface area contributed by atoms with Crippen molar-refractivity contribution in [2.75, 3.05) is 12.3 Å². The van der Waals surface area contributed by atoms with E-state index in [-0.39, 0.29) is 18.1 Å². The molecule has 3 nitrogen and oxygen atoms in total. The summed E-state index contributed by atoms with van der Waals surface area (Å²) in [5.74, 6) is 0.664. The molecule has 0 radical (unpaired) electrons. The molecule has 2 atom stereocenters. The Balaban J connectivity index is 2.57. The smallest absolute Gasteiger partial charge is 0.219 e. The highest BCUT2D eigenvalue weighted by molar-refractivity contribution is 7.80. The molecule has 1 rings (SSSR count). The number of nitrogens with zero attached hydrogens (tertiary/aromatic N) is 1. The minimum Gasteiger partial charge on any atom is -0.391 e. The predicted octanol–water partition coefficient (Wildman–Crippen LogP) is -0.102. The van der Waals surface area contributed by atoms with E-state index in [0.29, 0.717) is 18.7 Å². The van der Waals surface area contributed by atoms with Gasteiger partial charge in [0.05, 0.1) is 6.10 Å². The van der Waals surface area contributed by atoms with Gasteiger partial charge in [-0.15, -0.1) is 0 Å². The molecule has 0 aliphatic carbocycles. The number of carbonyl (C=O) groups is 1. The van der Waals surface area contributed by atoms with Crippen molar-refractivity contribution >= 4 is 18.5 Å². The molecule has 64 valence electrons. The maximum absolute atomic E-state index is 10.9. The van der Waals surface area contributed by atoms with Crippen LogP contribution in [0.2, 0.25) is 0 Å². The average molecular weight is 175 g/mol. The number of amides is 1. The summed E-state index contributed by atoms with van der Waals surface area (Å²) in [5, 5.41) is 9.22. The van der Waals surface area contributed by atoms with Crippen LogP contribution in [-0.2, 0) is 4.79 Å². The van der Waals surface area contributed by atoms with Crippen LogP contribution in [0.15, 0.2) is 0 Å². The molecule has 1 heterocycles. The first-order valence-electron chi connectivity index (χ1n) is 3.71. The number of thiol groups is 1. The number of carbonyl (C=O) groups excluding carboxylic acids is 1. The molecule has 0 aromatic heterocycles. The average Bonchev–Trinajstić information content (AvgIpc) is 2.30. The Morgan fingerprint density at radius 1 is 1.82 bits per heavy atom. The molecule has 1 fully saturated rings. The Morgan fingerprint density at radius 3 is 2.82 bits per heavy atom. The fourth-order valence-electron chi connectivity index (χ4n) is 1.45. The molecular formula is C7H13NO2S. The first-order chi connectivity index (χ1) is 5.15. The zero-order valence-corrected chi connectivity index (χ0v) is 7.42. The number of β-amino-alcohol motifs (C(OH)–C–C–N with tert-alkyl or cyclic N) is 1. The van der Waals surface area contributed by atoms with Gasteiger partial charge >= 0.3 is 0 Å². The first-order valence-corrected chi connectivity index (χ1v) is 4.34. The van der Waals surface area contributed by atoms with Crippen molar-refractivity contribution in [1.29, 1.82) is 0 Å². The molecule has 1 aliphatic rings. The number of likely N-dealkylation sites (tertiary alicyclic amines) is 1. The van der Waals surface area contributed by atoms with Gasteiger partial charge < -0.3 is 10.0 Å². The molecule has 4 heteroatoms. The van der Waals surface area contributed by atoms with Crippen LogP contribution >= 0.6 is 12.6 Å². The Labute approximate surface area is 71.8 Å². The zero-order valence-electron chi connectivity index (χ0n) is 6.53. The van der Waals surface area contributed by atoms with Gasteiger partial charge in [-0.05, 0) is 6.42 Å². The van der Waals surface area contributed by atoms with E-state index in [1.54, 1.807) is 4.90 Å². The molecule has 1 aliphatic heterocycles. The van der Waals surface area contributed by atoms with Crippen LogP contribution in [0.4, 0.5) is 0 Å². The van der Waals surface area contributed by atoms with Crippen LogP contribution in [0.25, 0.3) is 0 Å². The highest BCUT2D eigenvalue weighted by atomic mass is 32.1. The highest BCUT2D eigenvalue weighted by Crippen LogP contribution is 2.18. The second-order valence-electron chi connectivity index (χ2n) is 2.90. The van der Waals surface area contributed by atoms with E-state index in [0.717, 1.165) is 0 Å². The summed E-state index contributed by atoms with van der Waals surface area (Å²) in [7, 11) is 0. The van der Waals surface area contributed by atoms with Crippen molar-refractivity contribution in [3.8, 4) is 0 Å². The van der Waals surface area contributed by atoms with Crippen LogP contribution in [0.3, 0.4) is 0 Å². The van der Waals surface area contributed by atoms with Crippen molar-refractivity contribution in [2.24, 2.45) is 0 Å². The second-order valence-corrected chi connectivity index (χ2v) is 3.26. The minimum atomic E-state index is -0.351. The standard InChI is InChI=1S/C7H13NO2S/c1-5(9)8-3-7(10)2-6(8)4-11/h6-7,10-11H,2-4H2,1H3/t6-,7+/m0/s1. The zero-order chi connectivity index (χ0) is 8.43. The van der Waals surface area contributed by atoms with Crippen molar-refractivity contribution in [3.05, 3.63) is 0 Å². The summed E-state index contributed by atoms with van der Waals surface area (Å²) in [6, 6.07) is 0.130. The predicted molar refractivity (Wildman–Crippen MR) is 45.7 cm³/mol. The Kier molecular flexibility index (Phi) is 2.78. The van der Waals surface area contributed by atoms with E-state index in [4.69, 9.17) is 0 Å². The SMILES string of the molecule is CC(=O)N1C[C@H](O)C[C@H]1CS.